The number of nitrogens with zero attached hydrogens (tertiary/aromatic N) is 2. The maximum atomic E-state index is 12.1. The van der Waals surface area contributed by atoms with Crippen molar-refractivity contribution in [1.29, 1.82) is 0 Å². The Labute approximate surface area is 136 Å². The van der Waals surface area contributed by atoms with Gasteiger partial charge in [0.1, 0.15) is 10.6 Å². The van der Waals surface area contributed by atoms with Crippen molar-refractivity contribution in [1.82, 2.24) is 15.2 Å². The molecule has 0 unspecified atom stereocenters. The smallest absolute Gasteiger partial charge is 0.410 e. The molecular weight excluding hydrogens is 298 g/mol. The van der Waals surface area contributed by atoms with E-state index >= 15 is 0 Å². The van der Waals surface area contributed by atoms with Crippen molar-refractivity contribution < 1.29 is 9.53 Å². The molecule has 1 saturated heterocycles. The van der Waals surface area contributed by atoms with Crippen LogP contribution >= 0.6 is 11.3 Å². The SMILES string of the molecule is CC(C)(C)OC(=O)N1CCC2(CC1)C[C@@H]2NCc1nccs1. The minimum Gasteiger partial charge on any atom is -0.444 e. The molecule has 5 nitrogen and oxygen atoms in total. The van der Waals surface area contributed by atoms with Crippen molar-refractivity contribution in [2.45, 2.75) is 58.2 Å². The molecule has 1 spiro atoms. The summed E-state index contributed by atoms with van der Waals surface area (Å²) < 4.78 is 5.45. The van der Waals surface area contributed by atoms with E-state index in [0.717, 1.165) is 37.5 Å². The quantitative estimate of drug-likeness (QED) is 0.929. The summed E-state index contributed by atoms with van der Waals surface area (Å²) >= 11 is 1.69. The molecule has 1 aromatic rings. The van der Waals surface area contributed by atoms with E-state index < -0.39 is 5.60 Å². The number of nitrogens with one attached hydrogen (secondary N) is 1. The molecule has 2 heterocycles. The van der Waals surface area contributed by atoms with Crippen molar-refractivity contribution in [3.05, 3.63) is 16.6 Å². The van der Waals surface area contributed by atoms with E-state index in [1.807, 2.05) is 37.2 Å². The van der Waals surface area contributed by atoms with Gasteiger partial charge in [0.05, 0.1) is 0 Å². The molecule has 1 amide bonds. The molecule has 2 fully saturated rings. The normalized spacial score (nSPS) is 23.6. The molecule has 1 saturated carbocycles. The molecular formula is C16H25N3O2S. The van der Waals surface area contributed by atoms with Gasteiger partial charge in [-0.15, -0.1) is 11.3 Å². The van der Waals surface area contributed by atoms with Crippen molar-refractivity contribution in [3.8, 4) is 0 Å². The standard InChI is InChI=1S/C16H25N3O2S/c1-15(2,3)21-14(20)19-7-4-16(5-8-19)10-12(16)18-11-13-17-6-9-22-13/h6,9,12,18H,4-5,7-8,10-11H2,1-3H3/t12-/m0/s1. The van der Waals surface area contributed by atoms with Crippen molar-refractivity contribution in [3.63, 3.8) is 0 Å². The van der Waals surface area contributed by atoms with Crippen LogP contribution in [0.3, 0.4) is 0 Å². The Morgan fingerprint density at radius 3 is 2.82 bits per heavy atom. The second-order valence-corrected chi connectivity index (χ2v) is 8.37. The van der Waals surface area contributed by atoms with Crippen LogP contribution in [0.1, 0.15) is 45.0 Å². The van der Waals surface area contributed by atoms with Crippen LogP contribution in [0.4, 0.5) is 4.79 Å². The van der Waals surface area contributed by atoms with Gasteiger partial charge in [0, 0.05) is 37.3 Å². The van der Waals surface area contributed by atoms with E-state index in [4.69, 9.17) is 4.74 Å². The topological polar surface area (TPSA) is 54.5 Å². The number of carbonyl (C=O) groups excluding carboxylic acids is 1. The molecule has 1 aliphatic carbocycles. The fraction of sp³-hybridized carbons (Fsp3) is 0.750. The highest BCUT2D eigenvalue weighted by Crippen LogP contribution is 2.54. The van der Waals surface area contributed by atoms with Crippen LogP contribution in [0.2, 0.25) is 0 Å². The molecule has 0 bridgehead atoms. The summed E-state index contributed by atoms with van der Waals surface area (Å²) in [5, 5.41) is 6.77. The number of hydrogen-bond donors (Lipinski definition) is 1. The van der Waals surface area contributed by atoms with Gasteiger partial charge >= 0.3 is 6.09 Å². The first-order valence-corrected chi connectivity index (χ1v) is 8.86. The fourth-order valence-electron chi connectivity index (χ4n) is 3.20. The van der Waals surface area contributed by atoms with Crippen LogP contribution in [0.15, 0.2) is 11.6 Å². The number of thiazole rings is 1. The van der Waals surface area contributed by atoms with Crippen LogP contribution in [-0.4, -0.2) is 40.7 Å². The van der Waals surface area contributed by atoms with E-state index in [2.05, 4.69) is 10.3 Å². The number of rotatable bonds is 3. The van der Waals surface area contributed by atoms with Crippen LogP contribution in [0.25, 0.3) is 0 Å². The first kappa shape index (κ1) is 15.7. The van der Waals surface area contributed by atoms with Gasteiger partial charge in [0.2, 0.25) is 0 Å². The third-order valence-electron chi connectivity index (χ3n) is 4.58. The first-order valence-electron chi connectivity index (χ1n) is 7.98. The number of aromatic nitrogens is 1. The van der Waals surface area contributed by atoms with Crippen LogP contribution < -0.4 is 5.32 Å². The molecule has 6 heteroatoms. The Kier molecular flexibility index (Phi) is 4.16. The number of amides is 1. The van der Waals surface area contributed by atoms with Crippen LogP contribution in [0.5, 0.6) is 0 Å². The highest BCUT2D eigenvalue weighted by Gasteiger charge is 2.55. The van der Waals surface area contributed by atoms with Crippen molar-refractivity contribution >= 4 is 17.4 Å². The highest BCUT2D eigenvalue weighted by molar-refractivity contribution is 7.09. The van der Waals surface area contributed by atoms with Crippen molar-refractivity contribution in [2.75, 3.05) is 13.1 Å². The largest absolute Gasteiger partial charge is 0.444 e. The lowest BCUT2D eigenvalue weighted by molar-refractivity contribution is 0.0168. The summed E-state index contributed by atoms with van der Waals surface area (Å²) in [6.07, 6.45) is 5.05. The summed E-state index contributed by atoms with van der Waals surface area (Å²) in [5.74, 6) is 0. The predicted octanol–water partition coefficient (Wildman–Crippen LogP) is 3.02. The van der Waals surface area contributed by atoms with Gasteiger partial charge in [-0.1, -0.05) is 0 Å². The molecule has 0 aromatic carbocycles. The minimum absolute atomic E-state index is 0.171. The maximum Gasteiger partial charge on any atom is 0.410 e. The van der Waals surface area contributed by atoms with Gasteiger partial charge in [-0.3, -0.25) is 0 Å². The third-order valence-corrected chi connectivity index (χ3v) is 5.36. The van der Waals surface area contributed by atoms with E-state index in [1.54, 1.807) is 11.3 Å². The first-order chi connectivity index (χ1) is 10.4. The lowest BCUT2D eigenvalue weighted by Gasteiger charge is -2.34. The molecule has 3 rings (SSSR count). The molecule has 1 aromatic heterocycles. The van der Waals surface area contributed by atoms with E-state index in [0.29, 0.717) is 11.5 Å². The second-order valence-electron chi connectivity index (χ2n) is 7.39. The predicted molar refractivity (Wildman–Crippen MR) is 86.8 cm³/mol. The van der Waals surface area contributed by atoms with Gasteiger partial charge < -0.3 is 15.0 Å². The summed E-state index contributed by atoms with van der Waals surface area (Å²) in [6.45, 7) is 8.22. The van der Waals surface area contributed by atoms with Gasteiger partial charge in [-0.2, -0.15) is 0 Å². The monoisotopic (exact) mass is 323 g/mol. The Morgan fingerprint density at radius 2 is 2.23 bits per heavy atom. The average molecular weight is 323 g/mol. The van der Waals surface area contributed by atoms with Crippen molar-refractivity contribution in [2.24, 2.45) is 5.41 Å². The Hall–Kier alpha value is -1.14. The van der Waals surface area contributed by atoms with Gasteiger partial charge in [0.15, 0.2) is 0 Å². The Bertz CT molecular complexity index is 516. The number of hydrogen-bond acceptors (Lipinski definition) is 5. The van der Waals surface area contributed by atoms with E-state index in [1.165, 1.54) is 6.42 Å². The third kappa shape index (κ3) is 3.60. The average Bonchev–Trinajstić information content (AvgIpc) is 2.86. The zero-order chi connectivity index (χ0) is 15.8. The molecule has 22 heavy (non-hydrogen) atoms. The Morgan fingerprint density at radius 1 is 1.50 bits per heavy atom. The number of ether oxygens (including phenoxy) is 1. The number of piperidine rings is 1. The number of carbonyl (C=O) groups is 1. The molecule has 1 aliphatic heterocycles. The molecule has 1 N–H and O–H groups in total. The maximum absolute atomic E-state index is 12.1. The lowest BCUT2D eigenvalue weighted by Crippen LogP contribution is -2.43. The summed E-state index contributed by atoms with van der Waals surface area (Å²) in [6, 6.07) is 0.581. The zero-order valence-electron chi connectivity index (χ0n) is 13.6. The lowest BCUT2D eigenvalue weighted by atomic mass is 9.93. The van der Waals surface area contributed by atoms with E-state index in [-0.39, 0.29) is 6.09 Å². The molecule has 122 valence electrons. The number of likely N-dealkylation sites (tertiary alicyclic amines) is 1. The zero-order valence-corrected chi connectivity index (χ0v) is 14.4. The highest BCUT2D eigenvalue weighted by atomic mass is 32.1. The van der Waals surface area contributed by atoms with Gasteiger partial charge in [-0.25, -0.2) is 9.78 Å². The Balaban J connectivity index is 1.43. The van der Waals surface area contributed by atoms with E-state index in [9.17, 15) is 4.79 Å². The molecule has 1 atom stereocenters. The summed E-state index contributed by atoms with van der Waals surface area (Å²) in [5.41, 5.74) is -0.0145. The van der Waals surface area contributed by atoms with Crippen LogP contribution in [-0.2, 0) is 11.3 Å². The van der Waals surface area contributed by atoms with Crippen LogP contribution in [0, 0.1) is 5.41 Å². The summed E-state index contributed by atoms with van der Waals surface area (Å²) in [7, 11) is 0. The van der Waals surface area contributed by atoms with Gasteiger partial charge in [-0.05, 0) is 45.4 Å². The fourth-order valence-corrected chi connectivity index (χ4v) is 3.77. The summed E-state index contributed by atoms with van der Waals surface area (Å²) in [4.78, 5) is 18.2. The molecule has 0 radical (unpaired) electrons. The van der Waals surface area contributed by atoms with Gasteiger partial charge in [0.25, 0.3) is 0 Å². The second kappa shape index (κ2) is 5.81. The minimum atomic E-state index is -0.413. The molecule has 2 aliphatic rings.